The molecule has 2 unspecified atom stereocenters. The van der Waals surface area contributed by atoms with Crippen LogP contribution in [0, 0.1) is 5.41 Å². The molecule has 4 heteroatoms. The number of ether oxygens (including phenoxy) is 1. The topological polar surface area (TPSA) is 39.1 Å². The van der Waals surface area contributed by atoms with Gasteiger partial charge in [0.15, 0.2) is 0 Å². The van der Waals surface area contributed by atoms with Gasteiger partial charge in [-0.15, -0.1) is 0 Å². The van der Waals surface area contributed by atoms with Crippen molar-refractivity contribution in [2.24, 2.45) is 5.41 Å². The Balaban J connectivity index is 2.11. The van der Waals surface area contributed by atoms with Crippen molar-refractivity contribution in [3.8, 4) is 0 Å². The van der Waals surface area contributed by atoms with Crippen molar-refractivity contribution in [3.05, 3.63) is 18.2 Å². The highest BCUT2D eigenvalue weighted by Crippen LogP contribution is 2.51. The van der Waals surface area contributed by atoms with E-state index >= 15 is 0 Å². The summed E-state index contributed by atoms with van der Waals surface area (Å²) in [4.78, 5) is 4.26. The van der Waals surface area contributed by atoms with Crippen LogP contribution in [-0.4, -0.2) is 29.3 Å². The summed E-state index contributed by atoms with van der Waals surface area (Å²) < 4.78 is 8.07. The van der Waals surface area contributed by atoms with Crippen molar-refractivity contribution < 1.29 is 4.74 Å². The van der Waals surface area contributed by atoms with Gasteiger partial charge in [0.05, 0.1) is 18.1 Å². The Kier molecular flexibility index (Phi) is 3.54. The Hall–Kier alpha value is -0.870. The molecule has 96 valence electrons. The Morgan fingerprint density at radius 1 is 1.59 bits per heavy atom. The molecule has 1 aromatic heterocycles. The van der Waals surface area contributed by atoms with Crippen LogP contribution in [0.25, 0.3) is 0 Å². The molecule has 0 aromatic carbocycles. The SMILES string of the molecule is CCOC1CC(n2cncc2CNC)C1(C)C. The van der Waals surface area contributed by atoms with Crippen molar-refractivity contribution in [2.75, 3.05) is 13.7 Å². The van der Waals surface area contributed by atoms with E-state index in [1.807, 2.05) is 19.6 Å². The van der Waals surface area contributed by atoms with Crippen LogP contribution in [0.15, 0.2) is 12.5 Å². The molecule has 0 saturated heterocycles. The van der Waals surface area contributed by atoms with E-state index in [0.717, 1.165) is 19.6 Å². The molecular weight excluding hydrogens is 214 g/mol. The van der Waals surface area contributed by atoms with Crippen LogP contribution in [0.3, 0.4) is 0 Å². The van der Waals surface area contributed by atoms with Gasteiger partial charge in [-0.1, -0.05) is 13.8 Å². The summed E-state index contributed by atoms with van der Waals surface area (Å²) in [5.74, 6) is 0. The summed E-state index contributed by atoms with van der Waals surface area (Å²) in [5.41, 5.74) is 1.44. The van der Waals surface area contributed by atoms with Crippen molar-refractivity contribution in [2.45, 2.75) is 45.9 Å². The minimum absolute atomic E-state index is 0.194. The lowest BCUT2D eigenvalue weighted by atomic mass is 9.64. The predicted molar refractivity (Wildman–Crippen MR) is 67.8 cm³/mol. The molecule has 0 bridgehead atoms. The second-order valence-electron chi connectivity index (χ2n) is 5.34. The van der Waals surface area contributed by atoms with E-state index in [4.69, 9.17) is 4.74 Å². The average Bonchev–Trinajstić information content (AvgIpc) is 2.72. The number of hydrogen-bond donors (Lipinski definition) is 1. The first-order valence-corrected chi connectivity index (χ1v) is 6.38. The van der Waals surface area contributed by atoms with Gasteiger partial charge in [0, 0.05) is 30.8 Å². The molecule has 1 saturated carbocycles. The highest BCUT2D eigenvalue weighted by Gasteiger charge is 2.50. The molecule has 4 nitrogen and oxygen atoms in total. The van der Waals surface area contributed by atoms with Gasteiger partial charge in [0.2, 0.25) is 0 Å². The quantitative estimate of drug-likeness (QED) is 0.851. The fraction of sp³-hybridized carbons (Fsp3) is 0.769. The van der Waals surface area contributed by atoms with Gasteiger partial charge in [0.1, 0.15) is 0 Å². The van der Waals surface area contributed by atoms with Crippen LogP contribution in [0.2, 0.25) is 0 Å². The summed E-state index contributed by atoms with van der Waals surface area (Å²) in [5, 5.41) is 3.19. The Bertz CT molecular complexity index is 372. The molecule has 1 aromatic rings. The molecule has 1 fully saturated rings. The smallest absolute Gasteiger partial charge is 0.0951 e. The molecule has 1 aliphatic rings. The minimum atomic E-state index is 0.194. The van der Waals surface area contributed by atoms with Crippen LogP contribution in [0.4, 0.5) is 0 Å². The van der Waals surface area contributed by atoms with Crippen LogP contribution in [0.1, 0.15) is 38.9 Å². The fourth-order valence-electron chi connectivity index (χ4n) is 2.75. The summed E-state index contributed by atoms with van der Waals surface area (Å²) in [7, 11) is 1.96. The van der Waals surface area contributed by atoms with Gasteiger partial charge < -0.3 is 14.6 Å². The van der Waals surface area contributed by atoms with Gasteiger partial charge >= 0.3 is 0 Å². The molecule has 1 heterocycles. The Labute approximate surface area is 103 Å². The zero-order valence-corrected chi connectivity index (χ0v) is 11.2. The first-order chi connectivity index (χ1) is 8.11. The molecule has 0 aliphatic heterocycles. The van der Waals surface area contributed by atoms with Gasteiger partial charge in [0.25, 0.3) is 0 Å². The molecule has 2 rings (SSSR count). The fourth-order valence-corrected chi connectivity index (χ4v) is 2.75. The lowest BCUT2D eigenvalue weighted by Crippen LogP contribution is -2.51. The van der Waals surface area contributed by atoms with Crippen molar-refractivity contribution in [1.82, 2.24) is 14.9 Å². The van der Waals surface area contributed by atoms with Crippen molar-refractivity contribution in [3.63, 3.8) is 0 Å². The number of hydrogen-bond acceptors (Lipinski definition) is 3. The van der Waals surface area contributed by atoms with E-state index in [9.17, 15) is 0 Å². The molecule has 0 amide bonds. The maximum atomic E-state index is 5.77. The van der Waals surface area contributed by atoms with Gasteiger partial charge in [-0.05, 0) is 20.4 Å². The summed E-state index contributed by atoms with van der Waals surface area (Å²) in [6.45, 7) is 8.29. The first-order valence-electron chi connectivity index (χ1n) is 6.38. The zero-order chi connectivity index (χ0) is 12.5. The third kappa shape index (κ3) is 2.11. The number of imidazole rings is 1. The standard InChI is InChI=1S/C13H23N3O/c1-5-17-12-6-11(13(12,2)3)16-9-15-8-10(16)7-14-4/h8-9,11-12,14H,5-7H2,1-4H3. The molecular formula is C13H23N3O. The molecule has 1 aliphatic carbocycles. The number of nitrogens with zero attached hydrogens (tertiary/aromatic N) is 2. The summed E-state index contributed by atoms with van der Waals surface area (Å²) >= 11 is 0. The van der Waals surface area contributed by atoms with E-state index in [0.29, 0.717) is 12.1 Å². The second kappa shape index (κ2) is 4.78. The van der Waals surface area contributed by atoms with Crippen LogP contribution in [0.5, 0.6) is 0 Å². The lowest BCUT2D eigenvalue weighted by molar-refractivity contribution is -0.128. The highest BCUT2D eigenvalue weighted by molar-refractivity contribution is 5.09. The number of rotatable bonds is 5. The molecule has 0 radical (unpaired) electrons. The number of aromatic nitrogens is 2. The van der Waals surface area contributed by atoms with Gasteiger partial charge in [-0.3, -0.25) is 0 Å². The summed E-state index contributed by atoms with van der Waals surface area (Å²) in [6, 6.07) is 0.505. The molecule has 0 spiro atoms. The minimum Gasteiger partial charge on any atom is -0.378 e. The third-order valence-electron chi connectivity index (χ3n) is 3.93. The van der Waals surface area contributed by atoms with Crippen LogP contribution < -0.4 is 5.32 Å². The zero-order valence-electron chi connectivity index (χ0n) is 11.2. The van der Waals surface area contributed by atoms with Crippen molar-refractivity contribution in [1.29, 1.82) is 0 Å². The van der Waals surface area contributed by atoms with Crippen molar-refractivity contribution >= 4 is 0 Å². The monoisotopic (exact) mass is 237 g/mol. The molecule has 2 atom stereocenters. The van der Waals surface area contributed by atoms with Gasteiger partial charge in [-0.2, -0.15) is 0 Å². The van der Waals surface area contributed by atoms with Crippen LogP contribution >= 0.6 is 0 Å². The average molecular weight is 237 g/mol. The Morgan fingerprint density at radius 2 is 2.35 bits per heavy atom. The van der Waals surface area contributed by atoms with E-state index < -0.39 is 0 Å². The summed E-state index contributed by atoms with van der Waals surface area (Å²) in [6.07, 6.45) is 5.36. The largest absolute Gasteiger partial charge is 0.378 e. The van der Waals surface area contributed by atoms with Gasteiger partial charge in [-0.25, -0.2) is 4.98 Å². The number of nitrogens with one attached hydrogen (secondary N) is 1. The van der Waals surface area contributed by atoms with Crippen LogP contribution in [-0.2, 0) is 11.3 Å². The predicted octanol–water partition coefficient (Wildman–Crippen LogP) is 1.98. The van der Waals surface area contributed by atoms with E-state index in [1.54, 1.807) is 0 Å². The third-order valence-corrected chi connectivity index (χ3v) is 3.93. The molecule has 17 heavy (non-hydrogen) atoms. The van der Waals surface area contributed by atoms with E-state index in [-0.39, 0.29) is 5.41 Å². The van der Waals surface area contributed by atoms with E-state index in [2.05, 4.69) is 35.6 Å². The Morgan fingerprint density at radius 3 is 2.94 bits per heavy atom. The van der Waals surface area contributed by atoms with E-state index in [1.165, 1.54) is 5.69 Å². The first kappa shape index (κ1) is 12.6. The second-order valence-corrected chi connectivity index (χ2v) is 5.34. The maximum Gasteiger partial charge on any atom is 0.0951 e. The highest BCUT2D eigenvalue weighted by atomic mass is 16.5. The normalized spacial score (nSPS) is 26.8. The maximum absolute atomic E-state index is 5.77. The lowest BCUT2D eigenvalue weighted by Gasteiger charge is -2.52. The molecule has 1 N–H and O–H groups in total.